The maximum absolute atomic E-state index is 9.67. The molecule has 0 atom stereocenters. The summed E-state index contributed by atoms with van der Waals surface area (Å²) in [4.78, 5) is 19.3. The number of allylic oxidation sites excluding steroid dienone is 4. The van der Waals surface area contributed by atoms with E-state index in [1.807, 2.05) is 13.8 Å². The molecule has 0 aromatic heterocycles. The third-order valence-corrected chi connectivity index (χ3v) is 1.28. The lowest BCUT2D eigenvalue weighted by atomic mass is 10.3. The first-order chi connectivity index (χ1) is 5.62. The lowest BCUT2D eigenvalue weighted by molar-refractivity contribution is -0.105. The molecule has 0 saturated heterocycles. The van der Waals surface area contributed by atoms with Gasteiger partial charge in [0.25, 0.3) is 0 Å². The maximum Gasteiger partial charge on any atom is 0.145 e. The molecule has 0 aliphatic heterocycles. The van der Waals surface area contributed by atoms with E-state index in [0.717, 1.165) is 23.7 Å². The minimum atomic E-state index is 0.787. The summed E-state index contributed by atoms with van der Waals surface area (Å²) in [7, 11) is 0. The molecule has 0 heterocycles. The minimum absolute atomic E-state index is 0.787. The van der Waals surface area contributed by atoms with Crippen LogP contribution in [0.3, 0.4) is 0 Å². The normalized spacial score (nSPS) is 11.3. The first-order valence-corrected chi connectivity index (χ1v) is 3.78. The molecular weight excluding hydrogens is 152 g/mol. The average molecular weight is 168 g/mol. The number of hydrogen-bond donors (Lipinski definition) is 0. The summed E-state index contributed by atoms with van der Waals surface area (Å²) in [6, 6.07) is 0. The van der Waals surface area contributed by atoms with Crippen LogP contribution in [0.5, 0.6) is 0 Å². The van der Waals surface area contributed by atoms with Crippen LogP contribution in [0.25, 0.3) is 0 Å². The number of hydrogen-bond acceptors (Lipinski definition) is 2. The van der Waals surface area contributed by atoms with Gasteiger partial charge in [0.15, 0.2) is 0 Å². The lowest BCUT2D eigenvalue weighted by Gasteiger charge is -1.73. The van der Waals surface area contributed by atoms with Crippen molar-refractivity contribution in [3.63, 3.8) is 0 Å². The molecule has 68 valence electrons. The van der Waals surface area contributed by atoms with Crippen molar-refractivity contribution >= 4 is 12.6 Å². The van der Waals surface area contributed by atoms with Gasteiger partial charge in [-0.1, -0.05) is 12.2 Å². The third-order valence-electron chi connectivity index (χ3n) is 1.28. The van der Waals surface area contributed by atoms with E-state index in [4.69, 9.17) is 0 Å². The van der Waals surface area contributed by atoms with Gasteiger partial charge in [-0.3, -0.25) is 9.59 Å². The van der Waals surface area contributed by atoms with Crippen LogP contribution in [0.2, 0.25) is 0 Å². The van der Waals surface area contributed by atoms with E-state index in [9.17, 15) is 9.59 Å². The largest absolute Gasteiger partial charge is 0.298 e. The Bertz CT molecular complexity index is 166. The van der Waals surface area contributed by atoms with Crippen LogP contribution in [0.1, 0.15) is 27.7 Å². The summed E-state index contributed by atoms with van der Waals surface area (Å²) in [6.45, 7) is 7.22. The Balaban J connectivity index is 0. The summed E-state index contributed by atoms with van der Waals surface area (Å²) in [5, 5.41) is 0. The summed E-state index contributed by atoms with van der Waals surface area (Å²) < 4.78 is 0. The van der Waals surface area contributed by atoms with E-state index in [-0.39, 0.29) is 0 Å². The molecule has 0 aromatic rings. The number of carbonyl (C=O) groups excluding carboxylic acids is 2. The summed E-state index contributed by atoms with van der Waals surface area (Å²) >= 11 is 0. The van der Waals surface area contributed by atoms with Crippen molar-refractivity contribution < 1.29 is 9.59 Å². The molecule has 0 N–H and O–H groups in total. The van der Waals surface area contributed by atoms with Gasteiger partial charge >= 0.3 is 0 Å². The predicted molar refractivity (Wildman–Crippen MR) is 51.0 cm³/mol. The van der Waals surface area contributed by atoms with E-state index >= 15 is 0 Å². The second-order valence-electron chi connectivity index (χ2n) is 2.30. The molecular formula is C10H16O2. The second-order valence-corrected chi connectivity index (χ2v) is 2.30. The standard InChI is InChI=1S/2C5H8O/c2*1-3-5(2)4-6/h2*3-4H,1-2H3/b2*5-3+. The topological polar surface area (TPSA) is 34.1 Å². The van der Waals surface area contributed by atoms with E-state index < -0.39 is 0 Å². The van der Waals surface area contributed by atoms with Crippen LogP contribution in [-0.4, -0.2) is 12.6 Å². The molecule has 0 saturated carbocycles. The van der Waals surface area contributed by atoms with Crippen molar-refractivity contribution in [2.24, 2.45) is 0 Å². The summed E-state index contributed by atoms with van der Waals surface area (Å²) in [5.41, 5.74) is 1.57. The van der Waals surface area contributed by atoms with E-state index in [1.165, 1.54) is 0 Å². The SMILES string of the molecule is C/C=C(\C)C=O.C/C=C(\C)C=O. The molecule has 0 amide bonds. The highest BCUT2D eigenvalue weighted by atomic mass is 16.1. The molecule has 0 fully saturated rings. The molecule has 12 heavy (non-hydrogen) atoms. The van der Waals surface area contributed by atoms with Crippen molar-refractivity contribution in [1.82, 2.24) is 0 Å². The van der Waals surface area contributed by atoms with Crippen LogP contribution in [0.4, 0.5) is 0 Å². The molecule has 0 aromatic carbocycles. The van der Waals surface area contributed by atoms with Gasteiger partial charge in [-0.2, -0.15) is 0 Å². The van der Waals surface area contributed by atoms with Crippen molar-refractivity contribution in [2.45, 2.75) is 27.7 Å². The van der Waals surface area contributed by atoms with Crippen molar-refractivity contribution in [3.05, 3.63) is 23.3 Å². The van der Waals surface area contributed by atoms with Crippen LogP contribution < -0.4 is 0 Å². The van der Waals surface area contributed by atoms with Crippen molar-refractivity contribution in [3.8, 4) is 0 Å². The van der Waals surface area contributed by atoms with Crippen LogP contribution in [-0.2, 0) is 9.59 Å². The summed E-state index contributed by atoms with van der Waals surface area (Å²) in [6.07, 6.45) is 5.21. The van der Waals surface area contributed by atoms with E-state index in [0.29, 0.717) is 0 Å². The molecule has 0 aliphatic rings. The Morgan fingerprint density at radius 3 is 1.08 bits per heavy atom. The highest BCUT2D eigenvalue weighted by Gasteiger charge is 1.72. The van der Waals surface area contributed by atoms with Gasteiger partial charge in [0.05, 0.1) is 0 Å². The third kappa shape index (κ3) is 11.6. The van der Waals surface area contributed by atoms with Gasteiger partial charge in [0.2, 0.25) is 0 Å². The van der Waals surface area contributed by atoms with Gasteiger partial charge in [-0.25, -0.2) is 0 Å². The zero-order valence-electron chi connectivity index (χ0n) is 8.13. The Labute approximate surface area is 74.0 Å². The first kappa shape index (κ1) is 13.4. The Hall–Kier alpha value is -1.18. The molecule has 0 spiro atoms. The Morgan fingerprint density at radius 2 is 1.08 bits per heavy atom. The van der Waals surface area contributed by atoms with Gasteiger partial charge in [0, 0.05) is 0 Å². The highest BCUT2D eigenvalue weighted by molar-refractivity contribution is 5.72. The molecule has 0 unspecified atom stereocenters. The molecule has 0 aliphatic carbocycles. The quantitative estimate of drug-likeness (QED) is 0.468. The fraction of sp³-hybridized carbons (Fsp3) is 0.400. The van der Waals surface area contributed by atoms with Crippen LogP contribution in [0.15, 0.2) is 23.3 Å². The molecule has 0 bridgehead atoms. The molecule has 2 heteroatoms. The highest BCUT2D eigenvalue weighted by Crippen LogP contribution is 1.80. The van der Waals surface area contributed by atoms with Crippen molar-refractivity contribution in [1.29, 1.82) is 0 Å². The van der Waals surface area contributed by atoms with Gasteiger partial charge in [-0.05, 0) is 38.8 Å². The maximum atomic E-state index is 9.67. The fourth-order valence-electron chi connectivity index (χ4n) is 0.136. The molecule has 0 radical (unpaired) electrons. The second kappa shape index (κ2) is 9.82. The number of aldehydes is 2. The lowest BCUT2D eigenvalue weighted by Crippen LogP contribution is -1.69. The van der Waals surface area contributed by atoms with Gasteiger partial charge in [-0.15, -0.1) is 0 Å². The predicted octanol–water partition coefficient (Wildman–Crippen LogP) is 2.30. The monoisotopic (exact) mass is 168 g/mol. The number of carbonyl (C=O) groups is 2. The van der Waals surface area contributed by atoms with Crippen molar-refractivity contribution in [2.75, 3.05) is 0 Å². The minimum Gasteiger partial charge on any atom is -0.298 e. The number of rotatable bonds is 2. The smallest absolute Gasteiger partial charge is 0.145 e. The van der Waals surface area contributed by atoms with E-state index in [2.05, 4.69) is 0 Å². The first-order valence-electron chi connectivity index (χ1n) is 3.78. The van der Waals surface area contributed by atoms with E-state index in [1.54, 1.807) is 26.0 Å². The van der Waals surface area contributed by atoms with Gasteiger partial charge < -0.3 is 0 Å². The zero-order chi connectivity index (χ0) is 9.98. The van der Waals surface area contributed by atoms with Crippen LogP contribution in [0, 0.1) is 0 Å². The van der Waals surface area contributed by atoms with Crippen LogP contribution >= 0.6 is 0 Å². The molecule has 2 nitrogen and oxygen atoms in total. The zero-order valence-corrected chi connectivity index (χ0v) is 8.13. The Kier molecular flexibility index (Phi) is 11.0. The fourth-order valence-corrected chi connectivity index (χ4v) is 0.136. The summed E-state index contributed by atoms with van der Waals surface area (Å²) in [5.74, 6) is 0. The molecule has 0 rings (SSSR count). The average Bonchev–Trinajstić information content (AvgIpc) is 2.16. The Morgan fingerprint density at radius 1 is 0.833 bits per heavy atom. The van der Waals surface area contributed by atoms with Gasteiger partial charge in [0.1, 0.15) is 12.6 Å².